The Kier molecular flexibility index (Phi) is 3.73. The predicted octanol–water partition coefficient (Wildman–Crippen LogP) is 4.65. The molecule has 0 radical (unpaired) electrons. The van der Waals surface area contributed by atoms with Crippen LogP contribution in [0.4, 0.5) is 0 Å². The highest BCUT2D eigenvalue weighted by molar-refractivity contribution is 5.59. The monoisotopic (exact) mass is 328 g/mol. The summed E-state index contributed by atoms with van der Waals surface area (Å²) in [4.78, 5) is 9.13. The summed E-state index contributed by atoms with van der Waals surface area (Å²) in [6.07, 6.45) is 7.68. The number of para-hydroxylation sites is 1. The van der Waals surface area contributed by atoms with Crippen LogP contribution in [0.25, 0.3) is 22.9 Å². The highest BCUT2D eigenvalue weighted by atomic mass is 15.2. The zero-order valence-electron chi connectivity index (χ0n) is 14.6. The van der Waals surface area contributed by atoms with Crippen LogP contribution in [0.3, 0.4) is 0 Å². The van der Waals surface area contributed by atoms with E-state index in [1.54, 1.807) is 0 Å². The number of benzene rings is 2. The van der Waals surface area contributed by atoms with Crippen LogP contribution in [0.5, 0.6) is 0 Å². The normalized spacial score (nSPS) is 11.0. The van der Waals surface area contributed by atoms with Crippen LogP contribution in [0.1, 0.15) is 16.7 Å². The van der Waals surface area contributed by atoms with E-state index < -0.39 is 0 Å². The van der Waals surface area contributed by atoms with Gasteiger partial charge in [-0.3, -0.25) is 9.13 Å². The van der Waals surface area contributed by atoms with Crippen molar-refractivity contribution in [2.24, 2.45) is 0 Å². The van der Waals surface area contributed by atoms with Gasteiger partial charge in [0.05, 0.1) is 11.4 Å². The molecule has 0 spiro atoms. The quantitative estimate of drug-likeness (QED) is 0.549. The second-order valence-electron chi connectivity index (χ2n) is 6.37. The number of imidazole rings is 2. The van der Waals surface area contributed by atoms with E-state index >= 15 is 0 Å². The first-order chi connectivity index (χ1) is 12.1. The number of nitrogens with zero attached hydrogens (tertiary/aromatic N) is 4. The maximum absolute atomic E-state index is 4.57. The summed E-state index contributed by atoms with van der Waals surface area (Å²) in [7, 11) is 0. The van der Waals surface area contributed by atoms with Gasteiger partial charge in [0.15, 0.2) is 0 Å². The molecule has 2 heterocycles. The molecule has 0 aliphatic heterocycles. The molecule has 0 fully saturated rings. The Balaban J connectivity index is 1.80. The van der Waals surface area contributed by atoms with Crippen molar-refractivity contribution in [1.82, 2.24) is 19.1 Å². The maximum atomic E-state index is 4.57. The second-order valence-corrected chi connectivity index (χ2v) is 6.37. The molecule has 4 nitrogen and oxygen atoms in total. The summed E-state index contributed by atoms with van der Waals surface area (Å²) in [6.45, 7) is 6.34. The van der Waals surface area contributed by atoms with Gasteiger partial charge >= 0.3 is 0 Å². The van der Waals surface area contributed by atoms with E-state index in [2.05, 4.69) is 77.8 Å². The lowest BCUT2D eigenvalue weighted by Crippen LogP contribution is -2.06. The van der Waals surface area contributed by atoms with Crippen LogP contribution in [-0.4, -0.2) is 19.1 Å². The van der Waals surface area contributed by atoms with Crippen LogP contribution in [0.2, 0.25) is 0 Å². The van der Waals surface area contributed by atoms with Crippen LogP contribution in [0.15, 0.2) is 67.4 Å². The maximum Gasteiger partial charge on any atom is 0.219 e. The van der Waals surface area contributed by atoms with E-state index in [1.807, 2.05) is 29.5 Å². The summed E-state index contributed by atoms with van der Waals surface area (Å²) in [5.74, 6) is 0.837. The van der Waals surface area contributed by atoms with Gasteiger partial charge in [0, 0.05) is 24.2 Å². The van der Waals surface area contributed by atoms with E-state index in [-0.39, 0.29) is 0 Å². The van der Waals surface area contributed by atoms with Crippen molar-refractivity contribution in [2.45, 2.75) is 20.8 Å². The van der Waals surface area contributed by atoms with Gasteiger partial charge < -0.3 is 0 Å². The minimum Gasteiger partial charge on any atom is -0.285 e. The molecule has 124 valence electrons. The summed E-state index contributed by atoms with van der Waals surface area (Å²) in [5.41, 5.74) is 6.89. The molecule has 2 aromatic heterocycles. The third-order valence-electron chi connectivity index (χ3n) is 4.43. The average Bonchev–Trinajstić information content (AvgIpc) is 3.24. The molecular weight excluding hydrogens is 308 g/mol. The Hall–Kier alpha value is -3.14. The number of aryl methyl sites for hydroxylation is 3. The Morgan fingerprint density at radius 3 is 2.40 bits per heavy atom. The van der Waals surface area contributed by atoms with Crippen LogP contribution < -0.4 is 0 Å². The lowest BCUT2D eigenvalue weighted by atomic mass is 10.1. The summed E-state index contributed by atoms with van der Waals surface area (Å²) >= 11 is 0. The van der Waals surface area contributed by atoms with Crippen molar-refractivity contribution >= 4 is 0 Å². The highest BCUT2D eigenvalue weighted by Crippen LogP contribution is 2.24. The molecule has 4 heteroatoms. The Morgan fingerprint density at radius 2 is 1.64 bits per heavy atom. The molecule has 0 saturated heterocycles. The molecule has 2 aromatic carbocycles. The Morgan fingerprint density at radius 1 is 0.880 bits per heavy atom. The third kappa shape index (κ3) is 2.76. The van der Waals surface area contributed by atoms with E-state index in [0.29, 0.717) is 0 Å². The molecule has 4 rings (SSSR count). The van der Waals surface area contributed by atoms with Gasteiger partial charge in [-0.2, -0.15) is 0 Å². The smallest absolute Gasteiger partial charge is 0.219 e. The van der Waals surface area contributed by atoms with Crippen LogP contribution in [-0.2, 0) is 0 Å². The van der Waals surface area contributed by atoms with E-state index in [9.17, 15) is 0 Å². The molecule has 0 unspecified atom stereocenters. The molecule has 0 atom stereocenters. The van der Waals surface area contributed by atoms with Gasteiger partial charge in [0.2, 0.25) is 5.95 Å². The molecule has 25 heavy (non-hydrogen) atoms. The van der Waals surface area contributed by atoms with E-state index in [4.69, 9.17) is 0 Å². The summed E-state index contributed by atoms with van der Waals surface area (Å²) in [6, 6.07) is 14.7. The first-order valence-electron chi connectivity index (χ1n) is 8.35. The van der Waals surface area contributed by atoms with Crippen molar-refractivity contribution in [3.05, 3.63) is 84.1 Å². The lowest BCUT2D eigenvalue weighted by molar-refractivity contribution is 0.880. The van der Waals surface area contributed by atoms with Crippen molar-refractivity contribution < 1.29 is 0 Å². The summed E-state index contributed by atoms with van der Waals surface area (Å²) in [5, 5.41) is 0. The first-order valence-corrected chi connectivity index (χ1v) is 8.35. The first kappa shape index (κ1) is 15.4. The van der Waals surface area contributed by atoms with Gasteiger partial charge in [-0.15, -0.1) is 0 Å². The largest absolute Gasteiger partial charge is 0.285 e. The van der Waals surface area contributed by atoms with Gasteiger partial charge in [-0.1, -0.05) is 42.0 Å². The van der Waals surface area contributed by atoms with Gasteiger partial charge in [-0.25, -0.2) is 9.97 Å². The topological polar surface area (TPSA) is 35.6 Å². The lowest BCUT2D eigenvalue weighted by Gasteiger charge is -2.13. The molecule has 0 aliphatic rings. The molecule has 4 aromatic rings. The van der Waals surface area contributed by atoms with Crippen molar-refractivity contribution in [3.8, 4) is 22.9 Å². The van der Waals surface area contributed by atoms with Crippen LogP contribution in [0, 0.1) is 20.8 Å². The fraction of sp³-hybridized carbons (Fsp3) is 0.143. The fourth-order valence-electron chi connectivity index (χ4n) is 3.23. The molecular formula is C21H20N4. The molecule has 0 aliphatic carbocycles. The van der Waals surface area contributed by atoms with Gasteiger partial charge in [0.25, 0.3) is 0 Å². The van der Waals surface area contributed by atoms with Crippen molar-refractivity contribution in [2.75, 3.05) is 0 Å². The minimum atomic E-state index is 0.837. The highest BCUT2D eigenvalue weighted by Gasteiger charge is 2.12. The zero-order chi connectivity index (χ0) is 17.4. The van der Waals surface area contributed by atoms with Crippen molar-refractivity contribution in [1.29, 1.82) is 0 Å². The molecule has 0 amide bonds. The zero-order valence-corrected chi connectivity index (χ0v) is 14.6. The van der Waals surface area contributed by atoms with Crippen molar-refractivity contribution in [3.63, 3.8) is 0 Å². The summed E-state index contributed by atoms with van der Waals surface area (Å²) < 4.78 is 4.09. The Bertz CT molecular complexity index is 1020. The third-order valence-corrected chi connectivity index (χ3v) is 4.43. The average molecular weight is 328 g/mol. The standard InChI is InChI=1S/C21H20N4/c1-15-6-4-9-18(12-15)19-13-24(14-23-19)21-22-10-11-25(21)20-16(2)7-5-8-17(20)3/h4-14H,1-3H3. The van der Waals surface area contributed by atoms with E-state index in [0.717, 1.165) is 17.2 Å². The number of rotatable bonds is 3. The molecule has 0 N–H and O–H groups in total. The van der Waals surface area contributed by atoms with E-state index in [1.165, 1.54) is 22.4 Å². The predicted molar refractivity (Wildman–Crippen MR) is 100 cm³/mol. The second kappa shape index (κ2) is 6.06. The molecule has 0 saturated carbocycles. The van der Waals surface area contributed by atoms with Gasteiger partial charge in [0.1, 0.15) is 6.33 Å². The number of hydrogen-bond acceptors (Lipinski definition) is 2. The number of aromatic nitrogens is 4. The Labute approximate surface area is 147 Å². The van der Waals surface area contributed by atoms with Gasteiger partial charge in [-0.05, 0) is 38.0 Å². The fourth-order valence-corrected chi connectivity index (χ4v) is 3.23. The minimum absolute atomic E-state index is 0.837. The molecule has 0 bridgehead atoms. The van der Waals surface area contributed by atoms with Crippen LogP contribution >= 0.6 is 0 Å². The SMILES string of the molecule is Cc1cccc(-c2cn(-c3nccn3-c3c(C)cccc3C)cn2)c1. The number of hydrogen-bond donors (Lipinski definition) is 0.